The van der Waals surface area contributed by atoms with Crippen molar-refractivity contribution in [2.75, 3.05) is 26.2 Å². The summed E-state index contributed by atoms with van der Waals surface area (Å²) < 4.78 is 28.4. The Morgan fingerprint density at radius 3 is 2.67 bits per heavy atom. The first kappa shape index (κ1) is 21.0. The molecule has 0 radical (unpaired) electrons. The molecule has 0 saturated carbocycles. The van der Waals surface area contributed by atoms with Gasteiger partial charge in [0.15, 0.2) is 0 Å². The third-order valence-corrected chi connectivity index (χ3v) is 8.78. The van der Waals surface area contributed by atoms with Gasteiger partial charge in [0, 0.05) is 25.2 Å². The van der Waals surface area contributed by atoms with Crippen LogP contribution in [-0.4, -0.2) is 60.9 Å². The van der Waals surface area contributed by atoms with Crippen molar-refractivity contribution < 1.29 is 18.3 Å². The predicted octanol–water partition coefficient (Wildman–Crippen LogP) is 2.31. The van der Waals surface area contributed by atoms with Crippen LogP contribution >= 0.6 is 0 Å². The first-order valence-corrected chi connectivity index (χ1v) is 12.0. The molecule has 4 atom stereocenters. The van der Waals surface area contributed by atoms with Gasteiger partial charge in [0.25, 0.3) is 0 Å². The number of aliphatic carboxylic acids is 1. The number of hydrogen-bond acceptors (Lipinski definition) is 5. The van der Waals surface area contributed by atoms with Crippen molar-refractivity contribution in [1.29, 1.82) is 5.26 Å². The van der Waals surface area contributed by atoms with Crippen molar-refractivity contribution in [3.63, 3.8) is 0 Å². The van der Waals surface area contributed by atoms with Gasteiger partial charge in [-0.3, -0.25) is 4.90 Å². The Balaban J connectivity index is 1.60. The number of nitriles is 1. The number of allylic oxidation sites excluding steroid dienone is 1. The molecule has 30 heavy (non-hydrogen) atoms. The van der Waals surface area contributed by atoms with E-state index in [0.717, 1.165) is 32.4 Å². The molecule has 0 bridgehead atoms. The fraction of sp³-hybridized carbons (Fsp3) is 0.545. The van der Waals surface area contributed by atoms with Crippen molar-refractivity contribution in [3.05, 3.63) is 42.0 Å². The molecule has 3 saturated heterocycles. The summed E-state index contributed by atoms with van der Waals surface area (Å²) >= 11 is 0. The lowest BCUT2D eigenvalue weighted by Crippen LogP contribution is -2.63. The Morgan fingerprint density at radius 1 is 1.20 bits per heavy atom. The van der Waals surface area contributed by atoms with E-state index >= 15 is 0 Å². The monoisotopic (exact) mass is 429 g/mol. The summed E-state index contributed by atoms with van der Waals surface area (Å²) in [5.74, 6) is -0.167. The molecule has 1 N–H and O–H groups in total. The molecule has 0 amide bonds. The van der Waals surface area contributed by atoms with E-state index in [4.69, 9.17) is 10.4 Å². The Hall–Kier alpha value is -2.21. The van der Waals surface area contributed by atoms with E-state index in [9.17, 15) is 13.2 Å². The van der Waals surface area contributed by atoms with Crippen LogP contribution in [0.3, 0.4) is 0 Å². The Labute approximate surface area is 177 Å². The van der Waals surface area contributed by atoms with Gasteiger partial charge < -0.3 is 5.11 Å². The minimum atomic E-state index is -3.64. The zero-order valence-corrected chi connectivity index (χ0v) is 17.7. The molecular formula is C22H27N3O4S. The van der Waals surface area contributed by atoms with E-state index < -0.39 is 16.0 Å². The van der Waals surface area contributed by atoms with Gasteiger partial charge in [0.2, 0.25) is 10.0 Å². The van der Waals surface area contributed by atoms with E-state index in [2.05, 4.69) is 4.90 Å². The topological polar surface area (TPSA) is 102 Å². The molecule has 3 heterocycles. The molecular weight excluding hydrogens is 402 g/mol. The van der Waals surface area contributed by atoms with Gasteiger partial charge in [-0.2, -0.15) is 9.57 Å². The average Bonchev–Trinajstić information content (AvgIpc) is 2.75. The maximum Gasteiger partial charge on any atom is 0.327 e. The van der Waals surface area contributed by atoms with Gasteiger partial charge in [-0.15, -0.1) is 0 Å². The van der Waals surface area contributed by atoms with Gasteiger partial charge >= 0.3 is 5.97 Å². The SMILES string of the molecule is N#Cc1ccc(S(=O)(=O)N2CC3CCCN4CCC(C/C=C/C(=O)O)C(C2)C34)cc1. The molecule has 3 aliphatic heterocycles. The largest absolute Gasteiger partial charge is 0.478 e. The highest BCUT2D eigenvalue weighted by atomic mass is 32.2. The zero-order valence-electron chi connectivity index (χ0n) is 16.9. The van der Waals surface area contributed by atoms with E-state index in [1.54, 1.807) is 22.5 Å². The Morgan fingerprint density at radius 2 is 1.97 bits per heavy atom. The number of hydrogen-bond donors (Lipinski definition) is 1. The van der Waals surface area contributed by atoms with Crippen LogP contribution in [0.2, 0.25) is 0 Å². The van der Waals surface area contributed by atoms with Crippen LogP contribution in [0, 0.1) is 29.1 Å². The lowest BCUT2D eigenvalue weighted by molar-refractivity contribution is -0.131. The smallest absolute Gasteiger partial charge is 0.327 e. The van der Waals surface area contributed by atoms with Crippen molar-refractivity contribution in [3.8, 4) is 6.07 Å². The lowest BCUT2D eigenvalue weighted by atomic mass is 9.68. The Bertz CT molecular complexity index is 967. The van der Waals surface area contributed by atoms with Crippen LogP contribution in [0.4, 0.5) is 0 Å². The standard InChI is InChI=1S/C22H27N3O4S/c23-13-16-6-8-19(9-7-16)30(28,29)25-14-18-4-2-11-24-12-10-17(3-1-5-21(26)27)20(15-25)22(18)24/h1,5-9,17-18,20,22H,2-4,10-12,14-15H2,(H,26,27)/b5-1+. The van der Waals surface area contributed by atoms with Gasteiger partial charge in [-0.25, -0.2) is 13.2 Å². The summed E-state index contributed by atoms with van der Waals surface area (Å²) in [6, 6.07) is 8.52. The molecule has 1 aromatic carbocycles. The summed E-state index contributed by atoms with van der Waals surface area (Å²) in [7, 11) is -3.64. The number of rotatable bonds is 5. The first-order chi connectivity index (χ1) is 14.4. The van der Waals surface area contributed by atoms with Crippen molar-refractivity contribution in [2.45, 2.75) is 36.6 Å². The summed E-state index contributed by atoms with van der Waals surface area (Å²) in [4.78, 5) is 13.6. The zero-order chi connectivity index (χ0) is 21.3. The fourth-order valence-corrected chi connectivity index (χ4v) is 7.13. The third-order valence-electron chi connectivity index (χ3n) is 6.93. The number of carbonyl (C=O) groups is 1. The maximum absolute atomic E-state index is 13.4. The molecule has 0 spiro atoms. The highest BCUT2D eigenvalue weighted by Gasteiger charge is 2.49. The molecule has 7 nitrogen and oxygen atoms in total. The van der Waals surface area contributed by atoms with Gasteiger partial charge in [-0.1, -0.05) is 6.08 Å². The predicted molar refractivity (Wildman–Crippen MR) is 111 cm³/mol. The van der Waals surface area contributed by atoms with Crippen molar-refractivity contribution in [1.82, 2.24) is 9.21 Å². The molecule has 4 unspecified atom stereocenters. The second kappa shape index (κ2) is 8.50. The van der Waals surface area contributed by atoms with Crippen LogP contribution in [0.25, 0.3) is 0 Å². The number of nitrogens with zero attached hydrogens (tertiary/aromatic N) is 3. The Kier molecular flexibility index (Phi) is 5.96. The van der Waals surface area contributed by atoms with Crippen molar-refractivity contribution in [2.24, 2.45) is 17.8 Å². The summed E-state index contributed by atoms with van der Waals surface area (Å²) in [6.45, 7) is 3.06. The summed E-state index contributed by atoms with van der Waals surface area (Å²) in [5.41, 5.74) is 0.438. The second-order valence-corrected chi connectivity index (χ2v) is 10.5. The minimum absolute atomic E-state index is 0.199. The molecule has 8 heteroatoms. The molecule has 3 aliphatic rings. The van der Waals surface area contributed by atoms with Crippen LogP contribution in [0.1, 0.15) is 31.2 Å². The van der Waals surface area contributed by atoms with Crippen LogP contribution in [0.5, 0.6) is 0 Å². The minimum Gasteiger partial charge on any atom is -0.478 e. The number of carboxylic acids is 1. The van der Waals surface area contributed by atoms with E-state index in [0.29, 0.717) is 37.0 Å². The fourth-order valence-electron chi connectivity index (χ4n) is 5.59. The van der Waals surface area contributed by atoms with Crippen LogP contribution < -0.4 is 0 Å². The van der Waals surface area contributed by atoms with Crippen LogP contribution in [0.15, 0.2) is 41.3 Å². The number of piperidine rings is 3. The van der Waals surface area contributed by atoms with E-state index in [1.807, 2.05) is 6.07 Å². The number of sulfonamides is 1. The molecule has 1 aromatic rings. The molecule has 0 aromatic heterocycles. The van der Waals surface area contributed by atoms with Gasteiger partial charge in [-0.05, 0) is 80.8 Å². The highest BCUT2D eigenvalue weighted by molar-refractivity contribution is 7.89. The highest BCUT2D eigenvalue weighted by Crippen LogP contribution is 2.44. The van der Waals surface area contributed by atoms with Gasteiger partial charge in [0.05, 0.1) is 16.5 Å². The average molecular weight is 430 g/mol. The van der Waals surface area contributed by atoms with E-state index in [-0.39, 0.29) is 16.7 Å². The molecule has 160 valence electrons. The third kappa shape index (κ3) is 4.02. The van der Waals surface area contributed by atoms with Crippen molar-refractivity contribution >= 4 is 16.0 Å². The lowest BCUT2D eigenvalue weighted by Gasteiger charge is -2.56. The van der Waals surface area contributed by atoms with Crippen LogP contribution in [-0.2, 0) is 14.8 Å². The molecule has 3 fully saturated rings. The van der Waals surface area contributed by atoms with E-state index in [1.165, 1.54) is 18.2 Å². The normalized spacial score (nSPS) is 30.0. The summed E-state index contributed by atoms with van der Waals surface area (Å²) in [5, 5.41) is 17.9. The summed E-state index contributed by atoms with van der Waals surface area (Å²) in [6.07, 6.45) is 6.64. The number of carboxylic acid groups (broad SMARTS) is 1. The first-order valence-electron chi connectivity index (χ1n) is 10.5. The number of benzene rings is 1. The van der Waals surface area contributed by atoms with Gasteiger partial charge in [0.1, 0.15) is 0 Å². The molecule has 0 aliphatic carbocycles. The molecule has 4 rings (SSSR count). The second-order valence-electron chi connectivity index (χ2n) is 8.58. The maximum atomic E-state index is 13.4. The quantitative estimate of drug-likeness (QED) is 0.721.